The third-order valence-corrected chi connectivity index (χ3v) is 2.23. The Morgan fingerprint density at radius 1 is 1.00 bits per heavy atom. The van der Waals surface area contributed by atoms with E-state index in [0.29, 0.717) is 11.5 Å². The lowest BCUT2D eigenvalue weighted by molar-refractivity contribution is 0.362. The highest BCUT2D eigenvalue weighted by Gasteiger charge is 2.09. The Morgan fingerprint density at radius 3 is 2.53 bits per heavy atom. The van der Waals surface area contributed by atoms with E-state index in [-0.39, 0.29) is 5.56 Å². The quantitative estimate of drug-likeness (QED) is 0.706. The van der Waals surface area contributed by atoms with Crippen molar-refractivity contribution >= 4 is 10.9 Å². The molecule has 0 aliphatic carbocycles. The van der Waals surface area contributed by atoms with Gasteiger partial charge < -0.3 is 14.5 Å². The second-order valence-corrected chi connectivity index (χ2v) is 3.22. The molecule has 0 saturated carbocycles. The number of hydrogen-bond donors (Lipinski definition) is 1. The summed E-state index contributed by atoms with van der Waals surface area (Å²) < 4.78 is 10.5. The van der Waals surface area contributed by atoms with E-state index in [1.54, 1.807) is 12.1 Å². The van der Waals surface area contributed by atoms with Gasteiger partial charge in [-0.15, -0.1) is 0 Å². The molecule has 0 unspecified atom stereocenters. The standard InChI is InChI=1S/C11H7NO3/c13-11-2-1-7-5-9-10(6-8(7)12-11)15-4-3-14-9/h1-6H,(H,12,13). The van der Waals surface area contributed by atoms with Crippen LogP contribution in [0.2, 0.25) is 0 Å². The van der Waals surface area contributed by atoms with Crippen molar-refractivity contribution in [2.75, 3.05) is 0 Å². The van der Waals surface area contributed by atoms with Crippen molar-refractivity contribution in [2.24, 2.45) is 0 Å². The number of rotatable bonds is 0. The molecule has 1 aromatic heterocycles. The minimum absolute atomic E-state index is 0.130. The molecular formula is C11H7NO3. The molecule has 0 amide bonds. The minimum Gasteiger partial charge on any atom is -0.458 e. The maximum atomic E-state index is 11.1. The summed E-state index contributed by atoms with van der Waals surface area (Å²) in [4.78, 5) is 13.8. The van der Waals surface area contributed by atoms with Crippen molar-refractivity contribution in [3.8, 4) is 11.5 Å². The van der Waals surface area contributed by atoms with Crippen LogP contribution in [0, 0.1) is 0 Å². The molecule has 74 valence electrons. The van der Waals surface area contributed by atoms with E-state index in [1.165, 1.54) is 18.6 Å². The molecular weight excluding hydrogens is 194 g/mol. The molecule has 0 bridgehead atoms. The molecule has 2 aromatic rings. The number of hydrogen-bond acceptors (Lipinski definition) is 3. The Kier molecular flexibility index (Phi) is 1.56. The Balaban J connectivity index is 2.33. The number of nitrogens with one attached hydrogen (secondary N) is 1. The van der Waals surface area contributed by atoms with E-state index in [1.807, 2.05) is 6.07 Å². The predicted octanol–water partition coefficient (Wildman–Crippen LogP) is 1.77. The Morgan fingerprint density at radius 2 is 1.73 bits per heavy atom. The molecule has 0 radical (unpaired) electrons. The summed E-state index contributed by atoms with van der Waals surface area (Å²) in [5.74, 6) is 1.25. The van der Waals surface area contributed by atoms with E-state index in [4.69, 9.17) is 9.47 Å². The van der Waals surface area contributed by atoms with E-state index in [2.05, 4.69) is 4.98 Å². The van der Waals surface area contributed by atoms with E-state index in [0.717, 1.165) is 10.9 Å². The highest BCUT2D eigenvalue weighted by molar-refractivity contribution is 5.82. The summed E-state index contributed by atoms with van der Waals surface area (Å²) in [6, 6.07) is 6.80. The molecule has 0 fully saturated rings. The van der Waals surface area contributed by atoms with Gasteiger partial charge >= 0.3 is 0 Å². The van der Waals surface area contributed by atoms with Gasteiger partial charge in [-0.05, 0) is 12.1 Å². The van der Waals surface area contributed by atoms with Crippen molar-refractivity contribution in [3.05, 3.63) is 47.1 Å². The summed E-state index contributed by atoms with van der Waals surface area (Å²) in [5, 5.41) is 0.909. The second-order valence-electron chi connectivity index (χ2n) is 3.22. The maximum absolute atomic E-state index is 11.1. The van der Waals surface area contributed by atoms with Crippen LogP contribution in [0.25, 0.3) is 10.9 Å². The zero-order valence-corrected chi connectivity index (χ0v) is 7.69. The molecule has 1 N–H and O–H groups in total. The highest BCUT2D eigenvalue weighted by Crippen LogP contribution is 2.33. The van der Waals surface area contributed by atoms with Crippen LogP contribution in [0.15, 0.2) is 41.6 Å². The molecule has 1 aliphatic rings. The summed E-state index contributed by atoms with van der Waals surface area (Å²) in [6.07, 6.45) is 2.93. The first-order valence-electron chi connectivity index (χ1n) is 4.48. The van der Waals surface area contributed by atoms with Crippen LogP contribution < -0.4 is 15.0 Å². The van der Waals surface area contributed by atoms with Gasteiger partial charge in [-0.25, -0.2) is 0 Å². The van der Waals surface area contributed by atoms with E-state index >= 15 is 0 Å². The first-order chi connectivity index (χ1) is 7.33. The lowest BCUT2D eigenvalue weighted by Crippen LogP contribution is -2.03. The summed E-state index contributed by atoms with van der Waals surface area (Å²) in [6.45, 7) is 0. The fourth-order valence-electron chi connectivity index (χ4n) is 1.55. The topological polar surface area (TPSA) is 51.3 Å². The van der Waals surface area contributed by atoms with Crippen LogP contribution in [-0.2, 0) is 0 Å². The van der Waals surface area contributed by atoms with Gasteiger partial charge in [-0.3, -0.25) is 4.79 Å². The molecule has 4 heteroatoms. The molecule has 1 aliphatic heterocycles. The van der Waals surface area contributed by atoms with Gasteiger partial charge in [0.25, 0.3) is 0 Å². The van der Waals surface area contributed by atoms with Crippen LogP contribution in [0.5, 0.6) is 11.5 Å². The summed E-state index contributed by atoms with van der Waals surface area (Å²) >= 11 is 0. The molecule has 0 atom stereocenters. The monoisotopic (exact) mass is 201 g/mol. The van der Waals surface area contributed by atoms with Crippen molar-refractivity contribution in [1.82, 2.24) is 4.98 Å². The molecule has 3 rings (SSSR count). The minimum atomic E-state index is -0.130. The van der Waals surface area contributed by atoms with Gasteiger partial charge in [0, 0.05) is 17.5 Å². The van der Waals surface area contributed by atoms with Crippen LogP contribution in [0.3, 0.4) is 0 Å². The summed E-state index contributed by atoms with van der Waals surface area (Å²) in [5.41, 5.74) is 0.606. The smallest absolute Gasteiger partial charge is 0.248 e. The normalized spacial score (nSPS) is 13.1. The second kappa shape index (κ2) is 2.88. The molecule has 4 nitrogen and oxygen atoms in total. The number of pyridine rings is 1. The number of benzene rings is 1. The van der Waals surface area contributed by atoms with Crippen molar-refractivity contribution in [2.45, 2.75) is 0 Å². The average molecular weight is 201 g/mol. The Labute approximate surface area is 84.8 Å². The third kappa shape index (κ3) is 1.27. The SMILES string of the molecule is O=c1ccc2cc3c(cc2[nH]1)OC=CO3. The lowest BCUT2D eigenvalue weighted by atomic mass is 10.2. The lowest BCUT2D eigenvalue weighted by Gasteiger charge is -2.12. The summed E-state index contributed by atoms with van der Waals surface area (Å²) in [7, 11) is 0. The Bertz CT molecular complexity index is 613. The van der Waals surface area contributed by atoms with Gasteiger partial charge in [0.15, 0.2) is 11.5 Å². The zero-order valence-electron chi connectivity index (χ0n) is 7.69. The first-order valence-corrected chi connectivity index (χ1v) is 4.48. The number of ether oxygens (including phenoxy) is 2. The van der Waals surface area contributed by atoms with Crippen LogP contribution in [-0.4, -0.2) is 4.98 Å². The highest BCUT2D eigenvalue weighted by atomic mass is 16.5. The average Bonchev–Trinajstić information content (AvgIpc) is 2.26. The van der Waals surface area contributed by atoms with Crippen molar-refractivity contribution in [3.63, 3.8) is 0 Å². The predicted molar refractivity (Wildman–Crippen MR) is 55.0 cm³/mol. The third-order valence-electron chi connectivity index (χ3n) is 2.23. The zero-order chi connectivity index (χ0) is 10.3. The molecule has 0 spiro atoms. The molecule has 1 aromatic carbocycles. The van der Waals surface area contributed by atoms with Gasteiger partial charge in [-0.2, -0.15) is 0 Å². The van der Waals surface area contributed by atoms with Crippen LogP contribution in [0.1, 0.15) is 0 Å². The van der Waals surface area contributed by atoms with E-state index < -0.39 is 0 Å². The fraction of sp³-hybridized carbons (Fsp3) is 0. The number of aromatic amines is 1. The molecule has 15 heavy (non-hydrogen) atoms. The fourth-order valence-corrected chi connectivity index (χ4v) is 1.55. The first kappa shape index (κ1) is 8.11. The molecule has 2 heterocycles. The molecule has 0 saturated heterocycles. The number of H-pyrrole nitrogens is 1. The van der Waals surface area contributed by atoms with Crippen molar-refractivity contribution < 1.29 is 9.47 Å². The van der Waals surface area contributed by atoms with Gasteiger partial charge in [0.05, 0.1) is 5.52 Å². The van der Waals surface area contributed by atoms with Gasteiger partial charge in [0.1, 0.15) is 12.5 Å². The Hall–Kier alpha value is -2.23. The van der Waals surface area contributed by atoms with Gasteiger partial charge in [-0.1, -0.05) is 0 Å². The number of fused-ring (bicyclic) bond motifs is 2. The van der Waals surface area contributed by atoms with E-state index in [9.17, 15) is 4.79 Å². The number of aromatic nitrogens is 1. The van der Waals surface area contributed by atoms with Gasteiger partial charge in [0.2, 0.25) is 5.56 Å². The van der Waals surface area contributed by atoms with Crippen LogP contribution in [0.4, 0.5) is 0 Å². The van der Waals surface area contributed by atoms with Crippen molar-refractivity contribution in [1.29, 1.82) is 0 Å². The van der Waals surface area contributed by atoms with Crippen LogP contribution >= 0.6 is 0 Å². The largest absolute Gasteiger partial charge is 0.458 e. The maximum Gasteiger partial charge on any atom is 0.248 e.